The van der Waals surface area contributed by atoms with Crippen molar-refractivity contribution in [1.29, 1.82) is 0 Å². The minimum absolute atomic E-state index is 0.0993. The average molecular weight is 270 g/mol. The Morgan fingerprint density at radius 1 is 1.15 bits per heavy atom. The van der Waals surface area contributed by atoms with Crippen LogP contribution in [0.3, 0.4) is 0 Å². The van der Waals surface area contributed by atoms with Gasteiger partial charge in [0.05, 0.1) is 12.7 Å². The molecule has 0 aliphatic rings. The molecule has 2 rings (SSSR count). The summed E-state index contributed by atoms with van der Waals surface area (Å²) in [5, 5.41) is 5.92. The Hall–Kier alpha value is -2.49. The second-order valence-electron chi connectivity index (χ2n) is 4.33. The van der Waals surface area contributed by atoms with Crippen LogP contribution in [0.1, 0.15) is 15.9 Å². The Kier molecular flexibility index (Phi) is 4.60. The highest BCUT2D eigenvalue weighted by Gasteiger charge is 2.09. The van der Waals surface area contributed by atoms with Crippen LogP contribution in [0.15, 0.2) is 48.5 Å². The lowest BCUT2D eigenvalue weighted by molar-refractivity contribution is 0.0951. The molecule has 2 aromatic carbocycles. The number of carbonyl (C=O) groups is 1. The molecule has 1 amide bonds. The predicted octanol–water partition coefficient (Wildman–Crippen LogP) is 2.67. The topological polar surface area (TPSA) is 50.4 Å². The second-order valence-corrected chi connectivity index (χ2v) is 4.33. The molecule has 0 fully saturated rings. The molecule has 2 N–H and O–H groups in total. The average Bonchev–Trinajstić information content (AvgIpc) is 2.52. The summed E-state index contributed by atoms with van der Waals surface area (Å²) in [6, 6.07) is 15.1. The van der Waals surface area contributed by atoms with E-state index in [0.29, 0.717) is 12.1 Å². The molecule has 0 saturated heterocycles. The van der Waals surface area contributed by atoms with Crippen LogP contribution < -0.4 is 15.4 Å². The number of para-hydroxylation sites is 1. The van der Waals surface area contributed by atoms with Crippen molar-refractivity contribution in [3.63, 3.8) is 0 Å². The number of hydrogen-bond donors (Lipinski definition) is 2. The Bertz CT molecular complexity index is 597. The third-order valence-corrected chi connectivity index (χ3v) is 3.03. The summed E-state index contributed by atoms with van der Waals surface area (Å²) in [5.41, 5.74) is 2.45. The maximum Gasteiger partial charge on any atom is 0.253 e. The molecule has 0 heterocycles. The van der Waals surface area contributed by atoms with Gasteiger partial charge in [0.1, 0.15) is 5.75 Å². The van der Waals surface area contributed by atoms with Crippen LogP contribution in [-0.4, -0.2) is 20.1 Å². The molecule has 0 bridgehead atoms. The molecule has 2 aromatic rings. The van der Waals surface area contributed by atoms with E-state index in [9.17, 15) is 4.79 Å². The SMILES string of the molecule is CNc1ccccc1C(=O)NCc1cccc(OC)c1. The van der Waals surface area contributed by atoms with E-state index in [1.54, 1.807) is 20.2 Å². The number of anilines is 1. The Labute approximate surface area is 118 Å². The summed E-state index contributed by atoms with van der Waals surface area (Å²) in [6.45, 7) is 0.466. The van der Waals surface area contributed by atoms with Gasteiger partial charge >= 0.3 is 0 Å². The first-order chi connectivity index (χ1) is 9.74. The maximum atomic E-state index is 12.2. The summed E-state index contributed by atoms with van der Waals surface area (Å²) in [7, 11) is 3.43. The van der Waals surface area contributed by atoms with Gasteiger partial charge < -0.3 is 15.4 Å². The Balaban J connectivity index is 2.04. The molecule has 4 heteroatoms. The van der Waals surface area contributed by atoms with Crippen molar-refractivity contribution in [3.8, 4) is 5.75 Å². The fourth-order valence-corrected chi connectivity index (χ4v) is 1.96. The first-order valence-electron chi connectivity index (χ1n) is 6.42. The van der Waals surface area contributed by atoms with Gasteiger partial charge in [-0.05, 0) is 29.8 Å². The van der Waals surface area contributed by atoms with Gasteiger partial charge in [-0.25, -0.2) is 0 Å². The van der Waals surface area contributed by atoms with Crippen molar-refractivity contribution in [2.45, 2.75) is 6.54 Å². The lowest BCUT2D eigenvalue weighted by Crippen LogP contribution is -2.23. The van der Waals surface area contributed by atoms with Gasteiger partial charge in [-0.3, -0.25) is 4.79 Å². The monoisotopic (exact) mass is 270 g/mol. The van der Waals surface area contributed by atoms with E-state index in [1.165, 1.54) is 0 Å². The maximum absolute atomic E-state index is 12.2. The second kappa shape index (κ2) is 6.61. The van der Waals surface area contributed by atoms with E-state index in [4.69, 9.17) is 4.74 Å². The minimum Gasteiger partial charge on any atom is -0.497 e. The Morgan fingerprint density at radius 2 is 1.95 bits per heavy atom. The Morgan fingerprint density at radius 3 is 2.70 bits per heavy atom. The van der Waals surface area contributed by atoms with E-state index in [0.717, 1.165) is 17.0 Å². The highest BCUT2D eigenvalue weighted by Crippen LogP contribution is 2.15. The lowest BCUT2D eigenvalue weighted by Gasteiger charge is -2.10. The van der Waals surface area contributed by atoms with Crippen LogP contribution in [0.2, 0.25) is 0 Å². The summed E-state index contributed by atoms with van der Waals surface area (Å²) in [4.78, 5) is 12.2. The van der Waals surface area contributed by atoms with Gasteiger partial charge in [0.25, 0.3) is 5.91 Å². The molecule has 0 aliphatic heterocycles. The highest BCUT2D eigenvalue weighted by molar-refractivity contribution is 5.99. The standard InChI is InChI=1S/C16H18N2O2/c1-17-15-9-4-3-8-14(15)16(19)18-11-12-6-5-7-13(10-12)20-2/h3-10,17H,11H2,1-2H3,(H,18,19). The summed E-state index contributed by atoms with van der Waals surface area (Å²) in [5.74, 6) is 0.685. The summed E-state index contributed by atoms with van der Waals surface area (Å²) < 4.78 is 5.16. The molecule has 0 atom stereocenters. The number of amides is 1. The highest BCUT2D eigenvalue weighted by atomic mass is 16.5. The molecule has 0 saturated carbocycles. The lowest BCUT2D eigenvalue weighted by atomic mass is 10.1. The van der Waals surface area contributed by atoms with E-state index < -0.39 is 0 Å². The van der Waals surface area contributed by atoms with Gasteiger partial charge in [0, 0.05) is 19.3 Å². The van der Waals surface area contributed by atoms with Crippen LogP contribution in [0.5, 0.6) is 5.75 Å². The largest absolute Gasteiger partial charge is 0.497 e. The molecular formula is C16H18N2O2. The number of hydrogen-bond acceptors (Lipinski definition) is 3. The van der Waals surface area contributed by atoms with Gasteiger partial charge in [0.15, 0.2) is 0 Å². The molecule has 0 unspecified atom stereocenters. The smallest absolute Gasteiger partial charge is 0.253 e. The normalized spacial score (nSPS) is 9.90. The van der Waals surface area contributed by atoms with Crippen LogP contribution in [0, 0.1) is 0 Å². The predicted molar refractivity (Wildman–Crippen MR) is 80.2 cm³/mol. The minimum atomic E-state index is -0.0993. The zero-order valence-corrected chi connectivity index (χ0v) is 11.6. The number of benzene rings is 2. The van der Waals surface area contributed by atoms with E-state index >= 15 is 0 Å². The van der Waals surface area contributed by atoms with Crippen molar-refractivity contribution >= 4 is 11.6 Å². The van der Waals surface area contributed by atoms with Crippen molar-refractivity contribution in [3.05, 3.63) is 59.7 Å². The zero-order valence-electron chi connectivity index (χ0n) is 11.6. The van der Waals surface area contributed by atoms with Crippen LogP contribution in [0.4, 0.5) is 5.69 Å². The summed E-state index contributed by atoms with van der Waals surface area (Å²) >= 11 is 0. The number of carbonyl (C=O) groups excluding carboxylic acids is 1. The molecule has 104 valence electrons. The van der Waals surface area contributed by atoms with Gasteiger partial charge in [0.2, 0.25) is 0 Å². The molecule has 4 nitrogen and oxygen atoms in total. The summed E-state index contributed by atoms with van der Waals surface area (Å²) in [6.07, 6.45) is 0. The van der Waals surface area contributed by atoms with Crippen LogP contribution in [-0.2, 0) is 6.54 Å². The number of nitrogens with one attached hydrogen (secondary N) is 2. The van der Waals surface area contributed by atoms with E-state index in [2.05, 4.69) is 10.6 Å². The van der Waals surface area contributed by atoms with E-state index in [1.807, 2.05) is 42.5 Å². The van der Waals surface area contributed by atoms with Gasteiger partial charge in [-0.15, -0.1) is 0 Å². The van der Waals surface area contributed by atoms with Crippen molar-refractivity contribution in [2.24, 2.45) is 0 Å². The van der Waals surface area contributed by atoms with Crippen molar-refractivity contribution < 1.29 is 9.53 Å². The molecule has 20 heavy (non-hydrogen) atoms. The fraction of sp³-hybridized carbons (Fsp3) is 0.188. The number of rotatable bonds is 5. The molecule has 0 aromatic heterocycles. The number of methoxy groups -OCH3 is 1. The van der Waals surface area contributed by atoms with Crippen molar-refractivity contribution in [1.82, 2.24) is 5.32 Å². The van der Waals surface area contributed by atoms with E-state index in [-0.39, 0.29) is 5.91 Å². The molecule has 0 radical (unpaired) electrons. The zero-order chi connectivity index (χ0) is 14.4. The third kappa shape index (κ3) is 3.29. The fourth-order valence-electron chi connectivity index (χ4n) is 1.96. The quantitative estimate of drug-likeness (QED) is 0.878. The number of ether oxygens (including phenoxy) is 1. The first kappa shape index (κ1) is 13.9. The molecular weight excluding hydrogens is 252 g/mol. The van der Waals surface area contributed by atoms with Crippen molar-refractivity contribution in [2.75, 3.05) is 19.5 Å². The third-order valence-electron chi connectivity index (χ3n) is 3.03. The first-order valence-corrected chi connectivity index (χ1v) is 6.42. The molecule has 0 spiro atoms. The van der Waals surface area contributed by atoms with Crippen LogP contribution >= 0.6 is 0 Å². The van der Waals surface area contributed by atoms with Gasteiger partial charge in [-0.2, -0.15) is 0 Å². The molecule has 0 aliphatic carbocycles. The van der Waals surface area contributed by atoms with Gasteiger partial charge in [-0.1, -0.05) is 24.3 Å². The van der Waals surface area contributed by atoms with Crippen LogP contribution in [0.25, 0.3) is 0 Å².